The fourth-order valence-electron chi connectivity index (χ4n) is 3.28. The summed E-state index contributed by atoms with van der Waals surface area (Å²) < 4.78 is 28.2. The molecule has 0 spiro atoms. The Balaban J connectivity index is 1.76. The quantitative estimate of drug-likeness (QED) is 0.657. The van der Waals surface area contributed by atoms with Crippen molar-refractivity contribution in [2.24, 2.45) is 5.92 Å². The predicted octanol–water partition coefficient (Wildman–Crippen LogP) is 3.28. The van der Waals surface area contributed by atoms with Gasteiger partial charge in [-0.2, -0.15) is 0 Å². The number of rotatable bonds is 6. The summed E-state index contributed by atoms with van der Waals surface area (Å²) in [4.78, 5) is 38.6. The zero-order valence-corrected chi connectivity index (χ0v) is 17.2. The van der Waals surface area contributed by atoms with Crippen molar-refractivity contribution in [2.45, 2.75) is 26.3 Å². The first-order valence-corrected chi connectivity index (χ1v) is 9.99. The molecule has 2 aromatic carbocycles. The normalized spacial score (nSPS) is 14.7. The minimum absolute atomic E-state index is 0.0477. The highest BCUT2D eigenvalue weighted by atomic mass is 19.1. The zero-order valence-electron chi connectivity index (χ0n) is 17.2. The number of hydrogen-bond donors (Lipinski definition) is 3. The molecule has 9 heteroatoms. The molecule has 0 saturated carbocycles. The minimum atomic E-state index is -0.959. The minimum Gasteiger partial charge on any atom is -0.340 e. The molecule has 31 heavy (non-hydrogen) atoms. The smallest absolute Gasteiger partial charge is 0.321 e. The number of halogens is 2. The summed E-state index contributed by atoms with van der Waals surface area (Å²) in [7, 11) is 0. The van der Waals surface area contributed by atoms with E-state index in [0.29, 0.717) is 19.5 Å². The van der Waals surface area contributed by atoms with Crippen molar-refractivity contribution in [3.63, 3.8) is 0 Å². The van der Waals surface area contributed by atoms with Crippen LogP contribution < -0.4 is 20.9 Å². The summed E-state index contributed by atoms with van der Waals surface area (Å²) in [6.45, 7) is 4.35. The number of amides is 4. The lowest BCUT2D eigenvalue weighted by Gasteiger charge is -2.28. The van der Waals surface area contributed by atoms with Crippen LogP contribution in [0.25, 0.3) is 0 Å². The van der Waals surface area contributed by atoms with Gasteiger partial charge in [0.15, 0.2) is 0 Å². The third-order valence-electron chi connectivity index (χ3n) is 4.94. The van der Waals surface area contributed by atoms with Gasteiger partial charge in [0.25, 0.3) is 5.91 Å². The van der Waals surface area contributed by atoms with Crippen molar-refractivity contribution < 1.29 is 23.2 Å². The summed E-state index contributed by atoms with van der Waals surface area (Å²) in [5.74, 6) is -2.84. The molecule has 0 aliphatic carbocycles. The largest absolute Gasteiger partial charge is 0.340 e. The summed E-state index contributed by atoms with van der Waals surface area (Å²) in [6, 6.07) is 8.02. The van der Waals surface area contributed by atoms with Gasteiger partial charge in [0.2, 0.25) is 5.91 Å². The fourth-order valence-corrected chi connectivity index (χ4v) is 3.28. The molecule has 1 aliphatic heterocycles. The summed E-state index contributed by atoms with van der Waals surface area (Å²) in [5, 5.41) is 7.84. The highest BCUT2D eigenvalue weighted by molar-refractivity contribution is 6.02. The molecule has 3 N–H and O–H groups in total. The Hall–Kier alpha value is -3.49. The van der Waals surface area contributed by atoms with Crippen molar-refractivity contribution in [1.29, 1.82) is 0 Å². The van der Waals surface area contributed by atoms with E-state index in [0.717, 1.165) is 12.1 Å². The third-order valence-corrected chi connectivity index (χ3v) is 4.94. The molecule has 0 aromatic heterocycles. The number of benzene rings is 2. The second-order valence-electron chi connectivity index (χ2n) is 7.57. The summed E-state index contributed by atoms with van der Waals surface area (Å²) in [6.07, 6.45) is 0.666. The van der Waals surface area contributed by atoms with Gasteiger partial charge in [-0.05, 0) is 42.7 Å². The lowest BCUT2D eigenvalue weighted by Crippen LogP contribution is -2.47. The second kappa shape index (κ2) is 9.55. The zero-order chi connectivity index (χ0) is 22.5. The van der Waals surface area contributed by atoms with E-state index in [1.807, 2.05) is 0 Å². The number of carbonyl (C=O) groups is 3. The van der Waals surface area contributed by atoms with E-state index >= 15 is 0 Å². The molecule has 0 bridgehead atoms. The fraction of sp³-hybridized carbons (Fsp3) is 0.318. The van der Waals surface area contributed by atoms with Crippen molar-refractivity contribution >= 4 is 29.2 Å². The lowest BCUT2D eigenvalue weighted by molar-refractivity contribution is -0.118. The third kappa shape index (κ3) is 5.17. The van der Waals surface area contributed by atoms with Crippen LogP contribution >= 0.6 is 0 Å². The molecule has 3 rings (SSSR count). The summed E-state index contributed by atoms with van der Waals surface area (Å²) in [5.41, 5.74) is 0.151. The molecule has 1 atom stereocenters. The van der Waals surface area contributed by atoms with Gasteiger partial charge in [-0.3, -0.25) is 14.5 Å². The standard InChI is InChI=1S/C22H24F2N4O3/c1-13(2)19(27-20(29)15-6-3-4-7-16(15)23)21(30)26-14-8-9-17(24)18(12-14)28-11-5-10-25-22(28)31/h3-4,6-9,12-13,19H,5,10-11H2,1-2H3,(H,25,31)(H,26,30)(H,27,29). The molecule has 164 valence electrons. The van der Waals surface area contributed by atoms with E-state index in [1.54, 1.807) is 13.8 Å². The van der Waals surface area contributed by atoms with Crippen molar-refractivity contribution in [3.8, 4) is 0 Å². The number of nitrogens with one attached hydrogen (secondary N) is 3. The summed E-state index contributed by atoms with van der Waals surface area (Å²) >= 11 is 0. The van der Waals surface area contributed by atoms with Gasteiger partial charge in [0.05, 0.1) is 11.3 Å². The topological polar surface area (TPSA) is 90.5 Å². The van der Waals surface area contributed by atoms with Gasteiger partial charge in [0.1, 0.15) is 17.7 Å². The van der Waals surface area contributed by atoms with E-state index in [4.69, 9.17) is 0 Å². The first kappa shape index (κ1) is 22.2. The van der Waals surface area contributed by atoms with Gasteiger partial charge in [-0.25, -0.2) is 13.6 Å². The maximum absolute atomic E-state index is 14.3. The Kier molecular flexibility index (Phi) is 6.84. The molecule has 4 amide bonds. The average Bonchev–Trinajstić information content (AvgIpc) is 2.73. The first-order chi connectivity index (χ1) is 14.8. The van der Waals surface area contributed by atoms with Crippen molar-refractivity contribution in [2.75, 3.05) is 23.3 Å². The molecule has 1 aliphatic rings. The molecule has 1 unspecified atom stereocenters. The Morgan fingerprint density at radius 1 is 1.10 bits per heavy atom. The maximum Gasteiger partial charge on any atom is 0.321 e. The average molecular weight is 430 g/mol. The van der Waals surface area contributed by atoms with Gasteiger partial charge in [0, 0.05) is 18.8 Å². The van der Waals surface area contributed by atoms with E-state index in [-0.39, 0.29) is 22.9 Å². The Morgan fingerprint density at radius 2 is 1.84 bits per heavy atom. The predicted molar refractivity (Wildman–Crippen MR) is 113 cm³/mol. The van der Waals surface area contributed by atoms with Crippen LogP contribution in [-0.2, 0) is 4.79 Å². The van der Waals surface area contributed by atoms with Crippen LogP contribution in [0.2, 0.25) is 0 Å². The van der Waals surface area contributed by atoms with Gasteiger partial charge >= 0.3 is 6.03 Å². The number of anilines is 2. The molecule has 1 saturated heterocycles. The van der Waals surface area contributed by atoms with E-state index in [2.05, 4.69) is 16.0 Å². The number of carbonyl (C=O) groups excluding carboxylic acids is 3. The van der Waals surface area contributed by atoms with Crippen LogP contribution in [0.3, 0.4) is 0 Å². The van der Waals surface area contributed by atoms with Crippen LogP contribution in [0.4, 0.5) is 25.0 Å². The SMILES string of the molecule is CC(C)C(NC(=O)c1ccccc1F)C(=O)Nc1ccc(F)c(N2CCCNC2=O)c1. The highest BCUT2D eigenvalue weighted by Gasteiger charge is 2.27. The molecular formula is C22H24F2N4O3. The Labute approximate surface area is 178 Å². The maximum atomic E-state index is 14.3. The lowest BCUT2D eigenvalue weighted by atomic mass is 10.0. The Morgan fingerprint density at radius 3 is 2.52 bits per heavy atom. The molecule has 1 fully saturated rings. The second-order valence-corrected chi connectivity index (χ2v) is 7.57. The van der Waals surface area contributed by atoms with Crippen molar-refractivity contribution in [3.05, 3.63) is 59.7 Å². The van der Waals surface area contributed by atoms with E-state index in [9.17, 15) is 23.2 Å². The van der Waals surface area contributed by atoms with Gasteiger partial charge in [-0.15, -0.1) is 0 Å². The van der Waals surface area contributed by atoms with Gasteiger partial charge in [-0.1, -0.05) is 26.0 Å². The monoisotopic (exact) mass is 430 g/mol. The van der Waals surface area contributed by atoms with Crippen LogP contribution in [0.1, 0.15) is 30.6 Å². The number of hydrogen-bond acceptors (Lipinski definition) is 3. The molecular weight excluding hydrogens is 406 g/mol. The molecule has 1 heterocycles. The van der Waals surface area contributed by atoms with Gasteiger partial charge < -0.3 is 16.0 Å². The van der Waals surface area contributed by atoms with Crippen molar-refractivity contribution in [1.82, 2.24) is 10.6 Å². The van der Waals surface area contributed by atoms with Crippen LogP contribution in [0.5, 0.6) is 0 Å². The van der Waals surface area contributed by atoms with Crippen LogP contribution in [0.15, 0.2) is 42.5 Å². The van der Waals surface area contributed by atoms with Crippen LogP contribution in [0, 0.1) is 17.6 Å². The number of urea groups is 1. The van der Waals surface area contributed by atoms with Crippen LogP contribution in [-0.4, -0.2) is 37.0 Å². The molecule has 7 nitrogen and oxygen atoms in total. The Bertz CT molecular complexity index is 996. The first-order valence-electron chi connectivity index (χ1n) is 9.99. The molecule has 0 radical (unpaired) electrons. The van der Waals surface area contributed by atoms with E-state index in [1.165, 1.54) is 35.2 Å². The number of nitrogens with zero attached hydrogens (tertiary/aromatic N) is 1. The highest BCUT2D eigenvalue weighted by Crippen LogP contribution is 2.25. The van der Waals surface area contributed by atoms with E-state index < -0.39 is 35.5 Å². The molecule has 2 aromatic rings.